The van der Waals surface area contributed by atoms with Gasteiger partial charge in [-0.15, -0.1) is 11.8 Å². The first-order valence-electron chi connectivity index (χ1n) is 4.75. The van der Waals surface area contributed by atoms with E-state index in [-0.39, 0.29) is 11.6 Å². The van der Waals surface area contributed by atoms with Crippen LogP contribution in [-0.4, -0.2) is 17.5 Å². The lowest BCUT2D eigenvalue weighted by molar-refractivity contribution is 0.0208. The summed E-state index contributed by atoms with van der Waals surface area (Å²) >= 11 is 1.72. The van der Waals surface area contributed by atoms with E-state index in [1.165, 1.54) is 4.90 Å². The van der Waals surface area contributed by atoms with Crippen molar-refractivity contribution in [2.45, 2.75) is 29.4 Å². The van der Waals surface area contributed by atoms with E-state index in [9.17, 15) is 5.11 Å². The number of aliphatic hydroxyl groups is 1. The molecule has 1 aliphatic rings. The molecule has 0 amide bonds. The molecule has 0 heterocycles. The van der Waals surface area contributed by atoms with Crippen molar-refractivity contribution in [2.75, 3.05) is 6.26 Å². The highest BCUT2D eigenvalue weighted by Crippen LogP contribution is 2.39. The summed E-state index contributed by atoms with van der Waals surface area (Å²) < 4.78 is 0. The summed E-state index contributed by atoms with van der Waals surface area (Å²) in [6.07, 6.45) is 3.21. The van der Waals surface area contributed by atoms with Crippen molar-refractivity contribution in [1.82, 2.24) is 0 Å². The SMILES string of the molecule is CSc1cccc(C2(N)CC(O)C2)c1. The van der Waals surface area contributed by atoms with Crippen molar-refractivity contribution in [1.29, 1.82) is 0 Å². The Balaban J connectivity index is 2.24. The van der Waals surface area contributed by atoms with Crippen LogP contribution in [0, 0.1) is 0 Å². The van der Waals surface area contributed by atoms with Gasteiger partial charge in [-0.3, -0.25) is 0 Å². The third-order valence-electron chi connectivity index (χ3n) is 2.84. The molecule has 3 N–H and O–H groups in total. The Morgan fingerprint density at radius 3 is 2.79 bits per heavy atom. The first-order valence-corrected chi connectivity index (χ1v) is 5.98. The summed E-state index contributed by atoms with van der Waals surface area (Å²) in [6.45, 7) is 0. The highest BCUT2D eigenvalue weighted by molar-refractivity contribution is 7.98. The normalized spacial score (nSPS) is 31.2. The fourth-order valence-corrected chi connectivity index (χ4v) is 2.41. The minimum atomic E-state index is -0.287. The topological polar surface area (TPSA) is 46.2 Å². The van der Waals surface area contributed by atoms with Crippen molar-refractivity contribution >= 4 is 11.8 Å². The van der Waals surface area contributed by atoms with E-state index < -0.39 is 0 Å². The van der Waals surface area contributed by atoms with Crippen LogP contribution in [0.25, 0.3) is 0 Å². The zero-order chi connectivity index (χ0) is 10.2. The molecule has 76 valence electrons. The molecule has 0 aromatic heterocycles. The fourth-order valence-electron chi connectivity index (χ4n) is 1.95. The van der Waals surface area contributed by atoms with Crippen LogP contribution in [0.2, 0.25) is 0 Å². The molecule has 0 unspecified atom stereocenters. The molecule has 3 heteroatoms. The van der Waals surface area contributed by atoms with Crippen LogP contribution in [0.3, 0.4) is 0 Å². The Morgan fingerprint density at radius 1 is 1.50 bits per heavy atom. The molecule has 1 aliphatic carbocycles. The standard InChI is InChI=1S/C11H15NOS/c1-14-10-4-2-3-8(5-10)11(12)6-9(13)7-11/h2-5,9,13H,6-7,12H2,1H3. The van der Waals surface area contributed by atoms with E-state index in [1.807, 2.05) is 12.1 Å². The molecular weight excluding hydrogens is 194 g/mol. The Hall–Kier alpha value is -0.510. The zero-order valence-corrected chi connectivity index (χ0v) is 9.05. The molecule has 14 heavy (non-hydrogen) atoms. The maximum atomic E-state index is 9.29. The summed E-state index contributed by atoms with van der Waals surface area (Å²) in [5.41, 5.74) is 7.03. The van der Waals surface area contributed by atoms with Crippen LogP contribution in [0.15, 0.2) is 29.2 Å². The lowest BCUT2D eigenvalue weighted by Crippen LogP contribution is -2.51. The van der Waals surface area contributed by atoms with Gasteiger partial charge in [0.05, 0.1) is 6.10 Å². The molecular formula is C11H15NOS. The highest BCUT2D eigenvalue weighted by atomic mass is 32.2. The quantitative estimate of drug-likeness (QED) is 0.729. The number of benzene rings is 1. The predicted octanol–water partition coefficient (Wildman–Crippen LogP) is 1.72. The van der Waals surface area contributed by atoms with Gasteiger partial charge in [-0.2, -0.15) is 0 Å². The fraction of sp³-hybridized carbons (Fsp3) is 0.455. The van der Waals surface area contributed by atoms with Gasteiger partial charge >= 0.3 is 0 Å². The highest BCUT2D eigenvalue weighted by Gasteiger charge is 2.41. The van der Waals surface area contributed by atoms with Gasteiger partial charge in [0.25, 0.3) is 0 Å². The second-order valence-corrected chi connectivity index (χ2v) is 4.83. The maximum absolute atomic E-state index is 9.29. The Kier molecular flexibility index (Phi) is 2.56. The van der Waals surface area contributed by atoms with Gasteiger partial charge in [-0.05, 0) is 36.8 Å². The van der Waals surface area contributed by atoms with Crippen LogP contribution in [0.5, 0.6) is 0 Å². The molecule has 0 radical (unpaired) electrons. The summed E-state index contributed by atoms with van der Waals surface area (Å²) in [4.78, 5) is 1.23. The van der Waals surface area contributed by atoms with Crippen molar-refractivity contribution in [3.8, 4) is 0 Å². The van der Waals surface area contributed by atoms with Crippen molar-refractivity contribution in [2.24, 2.45) is 5.73 Å². The van der Waals surface area contributed by atoms with Crippen LogP contribution < -0.4 is 5.73 Å². The molecule has 2 nitrogen and oxygen atoms in total. The van der Waals surface area contributed by atoms with Crippen LogP contribution in [-0.2, 0) is 5.54 Å². The van der Waals surface area contributed by atoms with Crippen molar-refractivity contribution in [3.05, 3.63) is 29.8 Å². The number of nitrogens with two attached hydrogens (primary N) is 1. The van der Waals surface area contributed by atoms with Gasteiger partial charge < -0.3 is 10.8 Å². The first-order chi connectivity index (χ1) is 6.64. The van der Waals surface area contributed by atoms with Gasteiger partial charge in [0, 0.05) is 10.4 Å². The third-order valence-corrected chi connectivity index (χ3v) is 3.57. The molecule has 1 aromatic rings. The zero-order valence-electron chi connectivity index (χ0n) is 8.23. The smallest absolute Gasteiger partial charge is 0.0582 e. The molecule has 0 atom stereocenters. The van der Waals surface area contributed by atoms with Gasteiger partial charge in [-0.25, -0.2) is 0 Å². The Labute approximate surface area is 88.5 Å². The predicted molar refractivity (Wildman–Crippen MR) is 59.3 cm³/mol. The molecule has 1 saturated carbocycles. The number of thioether (sulfide) groups is 1. The van der Waals surface area contributed by atoms with Gasteiger partial charge in [0.15, 0.2) is 0 Å². The van der Waals surface area contributed by atoms with E-state index in [0.717, 1.165) is 5.56 Å². The molecule has 1 aromatic carbocycles. The minimum Gasteiger partial charge on any atom is -0.393 e. The minimum absolute atomic E-state index is 0.210. The van der Waals surface area contributed by atoms with E-state index in [2.05, 4.69) is 18.4 Å². The van der Waals surface area contributed by atoms with Gasteiger partial charge in [0.2, 0.25) is 0 Å². The van der Waals surface area contributed by atoms with Gasteiger partial charge in [-0.1, -0.05) is 12.1 Å². The third kappa shape index (κ3) is 1.67. The average Bonchev–Trinajstić information content (AvgIpc) is 2.16. The Bertz CT molecular complexity index is 334. The Morgan fingerprint density at radius 2 is 2.21 bits per heavy atom. The molecule has 0 aliphatic heterocycles. The summed E-state index contributed by atoms with van der Waals surface area (Å²) in [5.74, 6) is 0. The average molecular weight is 209 g/mol. The number of hydrogen-bond acceptors (Lipinski definition) is 3. The number of hydrogen-bond donors (Lipinski definition) is 2. The van der Waals surface area contributed by atoms with Gasteiger partial charge in [0.1, 0.15) is 0 Å². The molecule has 0 spiro atoms. The number of rotatable bonds is 2. The molecule has 1 fully saturated rings. The second-order valence-electron chi connectivity index (χ2n) is 3.95. The van der Waals surface area contributed by atoms with E-state index >= 15 is 0 Å². The second kappa shape index (κ2) is 3.57. The van der Waals surface area contributed by atoms with Crippen molar-refractivity contribution in [3.63, 3.8) is 0 Å². The molecule has 0 bridgehead atoms. The van der Waals surface area contributed by atoms with Crippen LogP contribution in [0.1, 0.15) is 18.4 Å². The summed E-state index contributed by atoms with van der Waals surface area (Å²) in [7, 11) is 0. The van der Waals surface area contributed by atoms with Crippen molar-refractivity contribution < 1.29 is 5.11 Å². The first kappa shape index (κ1) is 10.0. The lowest BCUT2D eigenvalue weighted by Gasteiger charge is -2.42. The molecule has 2 rings (SSSR count). The van der Waals surface area contributed by atoms with E-state index in [1.54, 1.807) is 11.8 Å². The largest absolute Gasteiger partial charge is 0.393 e. The number of aliphatic hydroxyl groups excluding tert-OH is 1. The van der Waals surface area contributed by atoms with E-state index in [0.29, 0.717) is 12.8 Å². The monoisotopic (exact) mass is 209 g/mol. The maximum Gasteiger partial charge on any atom is 0.0582 e. The summed E-state index contributed by atoms with van der Waals surface area (Å²) in [5, 5.41) is 9.29. The van der Waals surface area contributed by atoms with Crippen LogP contribution in [0.4, 0.5) is 0 Å². The van der Waals surface area contributed by atoms with Crippen LogP contribution >= 0.6 is 11.8 Å². The molecule has 0 saturated heterocycles. The summed E-state index contributed by atoms with van der Waals surface area (Å²) in [6, 6.07) is 8.27. The lowest BCUT2D eigenvalue weighted by atomic mass is 9.71. The van der Waals surface area contributed by atoms with E-state index in [4.69, 9.17) is 5.73 Å².